The average molecular weight is 1190 g/mol. The van der Waals surface area contributed by atoms with E-state index in [1.165, 1.54) is 0 Å². The molecule has 0 aliphatic carbocycles. The number of H-pyrrole nitrogens is 2. The highest BCUT2D eigenvalue weighted by atomic mass is 16.5. The second-order valence-corrected chi connectivity index (χ2v) is 20.4. The first-order valence-corrected chi connectivity index (χ1v) is 28.0. The Labute approximate surface area is 496 Å². The summed E-state index contributed by atoms with van der Waals surface area (Å²) >= 11 is 0. The molecule has 7 atom stereocenters. The van der Waals surface area contributed by atoms with Gasteiger partial charge in [-0.15, -0.1) is 0 Å². The fourth-order valence-electron chi connectivity index (χ4n) is 9.34. The van der Waals surface area contributed by atoms with Gasteiger partial charge in [0.15, 0.2) is 23.8 Å². The number of carbonyl (C=O) groups excluding carboxylic acids is 7. The number of hydroxylamine groups is 2. The second kappa shape index (κ2) is 34.0. The maximum atomic E-state index is 15.2. The number of hydrogen-bond donors (Lipinski definition) is 18. The number of fused-ring (bicyclic) bond motifs is 2. The van der Waals surface area contributed by atoms with Crippen LogP contribution in [0, 0.1) is 0 Å². The van der Waals surface area contributed by atoms with Gasteiger partial charge in [-0.05, 0) is 80.2 Å². The van der Waals surface area contributed by atoms with Crippen LogP contribution in [-0.2, 0) is 52.8 Å². The second-order valence-electron chi connectivity index (χ2n) is 20.4. The number of hydrogen-bond acceptors (Lipinski definition) is 13. The SMILES string of the molecule is CN(O)C(=O)[C@H](Cc1ccccc1)NC(=O)[C@H](CCCN=C(N)N)NC(=O)[C@@H](Cc1c[nH]c2ccccc12)NC(=O)[C@H](Cc1c[nH]c2ccccc12)NC(=O)[C@H](CCCN=C(N)N)NC(=O)[C@H](CCCN=C(N)N)NC(=O)[C@H](N)CCCN=C(N)N. The van der Waals surface area contributed by atoms with Crippen molar-refractivity contribution in [3.05, 3.63) is 108 Å². The first kappa shape index (κ1) is 66.8. The number of guanidine groups is 4. The highest BCUT2D eigenvalue weighted by Gasteiger charge is 2.35. The number of para-hydroxylation sites is 2. The van der Waals surface area contributed by atoms with Crippen LogP contribution < -0.4 is 83.5 Å². The first-order valence-electron chi connectivity index (χ1n) is 28.0. The molecule has 30 nitrogen and oxygen atoms in total. The highest BCUT2D eigenvalue weighted by molar-refractivity contribution is 5.98. The van der Waals surface area contributed by atoms with Crippen molar-refractivity contribution in [1.82, 2.24) is 46.9 Å². The van der Waals surface area contributed by atoms with E-state index < -0.39 is 83.6 Å². The molecule has 0 bridgehead atoms. The number of carbonyl (C=O) groups is 7. The third-order valence-corrected chi connectivity index (χ3v) is 13.7. The number of amides is 7. The van der Waals surface area contributed by atoms with Gasteiger partial charge in [-0.3, -0.25) is 58.7 Å². The Hall–Kier alpha value is -9.97. The van der Waals surface area contributed by atoms with E-state index >= 15 is 9.59 Å². The molecule has 30 heteroatoms. The summed E-state index contributed by atoms with van der Waals surface area (Å²) in [4.78, 5) is 123. The highest BCUT2D eigenvalue weighted by Crippen LogP contribution is 2.22. The molecule has 27 N–H and O–H groups in total. The number of aliphatic imine (C=N–C) groups is 4. The molecule has 464 valence electrons. The van der Waals surface area contributed by atoms with Crippen LogP contribution in [0.4, 0.5) is 0 Å². The quantitative estimate of drug-likeness (QED) is 0.00631. The van der Waals surface area contributed by atoms with Crippen LogP contribution in [0.5, 0.6) is 0 Å². The van der Waals surface area contributed by atoms with Gasteiger partial charge in [0.1, 0.15) is 36.3 Å². The molecule has 0 unspecified atom stereocenters. The Bertz CT molecular complexity index is 3180. The minimum Gasteiger partial charge on any atom is -0.370 e. The van der Waals surface area contributed by atoms with Crippen LogP contribution in [0.15, 0.2) is 111 Å². The predicted octanol–water partition coefficient (Wildman–Crippen LogP) is -3.02. The zero-order valence-electron chi connectivity index (χ0n) is 48.0. The van der Waals surface area contributed by atoms with Gasteiger partial charge in [0.25, 0.3) is 5.91 Å². The lowest BCUT2D eigenvalue weighted by atomic mass is 10.00. The van der Waals surface area contributed by atoms with Crippen LogP contribution in [0.3, 0.4) is 0 Å². The Kier molecular flexibility index (Phi) is 26.4. The van der Waals surface area contributed by atoms with Crippen molar-refractivity contribution in [2.45, 2.75) is 113 Å². The number of aromatic nitrogens is 2. The fourth-order valence-corrected chi connectivity index (χ4v) is 9.34. The van der Waals surface area contributed by atoms with E-state index in [4.69, 9.17) is 51.6 Å². The Morgan fingerprint density at radius 3 is 1.15 bits per heavy atom. The van der Waals surface area contributed by atoms with Crippen LogP contribution >= 0.6 is 0 Å². The minimum atomic E-state index is -1.47. The minimum absolute atomic E-state index is 0.00588. The van der Waals surface area contributed by atoms with Crippen molar-refractivity contribution in [2.24, 2.45) is 71.6 Å². The maximum Gasteiger partial charge on any atom is 0.268 e. The average Bonchev–Trinajstić information content (AvgIpc) is 3.68. The Morgan fingerprint density at radius 1 is 0.442 bits per heavy atom. The zero-order chi connectivity index (χ0) is 62.7. The van der Waals surface area contributed by atoms with Gasteiger partial charge in [-0.1, -0.05) is 66.7 Å². The lowest BCUT2D eigenvalue weighted by molar-refractivity contribution is -0.162. The molecule has 0 spiro atoms. The number of aromatic amines is 2. The molecular weight excluding hydrogens is 1110 g/mol. The van der Waals surface area contributed by atoms with E-state index in [1.54, 1.807) is 54.9 Å². The van der Waals surface area contributed by atoms with E-state index in [1.807, 2.05) is 36.4 Å². The van der Waals surface area contributed by atoms with Gasteiger partial charge in [0.2, 0.25) is 35.4 Å². The molecule has 0 aliphatic heterocycles. The summed E-state index contributed by atoms with van der Waals surface area (Å²) in [5.74, 6) is -6.37. The monoisotopic (exact) mass is 1190 g/mol. The van der Waals surface area contributed by atoms with Crippen LogP contribution in [0.1, 0.15) is 68.1 Å². The van der Waals surface area contributed by atoms with Crippen LogP contribution in [0.2, 0.25) is 0 Å². The molecule has 0 radical (unpaired) electrons. The van der Waals surface area contributed by atoms with Crippen molar-refractivity contribution >= 4 is 87.0 Å². The molecular formula is C56H82N22O8. The Morgan fingerprint density at radius 2 is 0.767 bits per heavy atom. The summed E-state index contributed by atoms with van der Waals surface area (Å²) in [7, 11) is 1.12. The largest absolute Gasteiger partial charge is 0.370 e. The first-order chi connectivity index (χ1) is 41.1. The summed E-state index contributed by atoms with van der Waals surface area (Å²) in [6.07, 6.45) is 3.89. The summed E-state index contributed by atoms with van der Waals surface area (Å²) in [5.41, 5.74) is 53.9. The lowest BCUT2D eigenvalue weighted by Crippen LogP contribution is -2.60. The molecule has 5 rings (SSSR count). The van der Waals surface area contributed by atoms with Crippen molar-refractivity contribution < 1.29 is 38.8 Å². The lowest BCUT2D eigenvalue weighted by Gasteiger charge is -2.28. The Balaban J connectivity index is 1.52. The van der Waals surface area contributed by atoms with Crippen LogP contribution in [-0.4, -0.2) is 161 Å². The third-order valence-electron chi connectivity index (χ3n) is 13.7. The number of nitrogens with two attached hydrogens (primary N) is 9. The van der Waals surface area contributed by atoms with Gasteiger partial charge in [-0.25, -0.2) is 5.06 Å². The molecule has 0 fully saturated rings. The van der Waals surface area contributed by atoms with E-state index in [0.717, 1.165) is 28.9 Å². The molecule has 0 aliphatic rings. The molecule has 2 aromatic heterocycles. The normalized spacial score (nSPS) is 13.4. The molecule has 3 aromatic carbocycles. The van der Waals surface area contributed by atoms with Crippen molar-refractivity contribution in [3.63, 3.8) is 0 Å². The van der Waals surface area contributed by atoms with E-state index in [2.05, 4.69) is 61.8 Å². The third kappa shape index (κ3) is 22.0. The van der Waals surface area contributed by atoms with Crippen molar-refractivity contribution in [2.75, 3.05) is 33.2 Å². The number of benzene rings is 3. The van der Waals surface area contributed by atoms with E-state index in [0.29, 0.717) is 28.2 Å². The van der Waals surface area contributed by atoms with Gasteiger partial charge >= 0.3 is 0 Å². The van der Waals surface area contributed by atoms with Crippen LogP contribution in [0.25, 0.3) is 21.8 Å². The summed E-state index contributed by atoms with van der Waals surface area (Å²) in [5, 5.41) is 28.7. The van der Waals surface area contributed by atoms with E-state index in [-0.39, 0.29) is 114 Å². The molecule has 0 saturated carbocycles. The molecule has 0 saturated heterocycles. The van der Waals surface area contributed by atoms with Crippen molar-refractivity contribution in [1.29, 1.82) is 0 Å². The fraction of sp³-hybridized carbons (Fsp3) is 0.411. The maximum absolute atomic E-state index is 15.2. The zero-order valence-corrected chi connectivity index (χ0v) is 48.0. The van der Waals surface area contributed by atoms with Gasteiger partial charge in [-0.2, -0.15) is 0 Å². The molecule has 5 aromatic rings. The summed E-state index contributed by atoms with van der Waals surface area (Å²) in [6, 6.07) is 14.0. The van der Waals surface area contributed by atoms with E-state index in [9.17, 15) is 29.2 Å². The summed E-state index contributed by atoms with van der Waals surface area (Å²) < 4.78 is 0. The standard InChI is InChI=1S/C56H82N22O8/c1-78(86)52(85)45(27-32-13-3-2-4-14-32)77-49(82)42(22-12-26-69-56(64)65)74-50(83)43(28-33-30-70-38-18-7-5-15-35(33)38)76-51(84)44(29-34-31-71-39-19-8-6-16-36(34)39)75-48(81)41(21-11-25-68-55(62)63)73-47(80)40(20-10-24-67-54(60)61)72-46(79)37(57)17-9-23-66-53(58)59/h2-8,13-16,18-19,30-31,37,40-45,70-71,86H,9-12,17,20-29,57H2,1H3,(H,72,79)(H,73,80)(H,74,83)(H,75,81)(H,76,84)(H,77,82)(H4,58,59,66)(H4,60,61,67)(H4,62,63,68)(H4,64,65,69)/t37-,40+,41+,42+,43-,44+,45+/m1/s1. The number of rotatable bonds is 35. The smallest absolute Gasteiger partial charge is 0.268 e. The molecule has 7 amide bonds. The molecule has 86 heavy (non-hydrogen) atoms. The number of nitrogens with one attached hydrogen (secondary N) is 8. The van der Waals surface area contributed by atoms with Gasteiger partial charge < -0.3 is 93.5 Å². The number of likely N-dealkylation sites (N-methyl/N-ethyl adjacent to an activating group) is 1. The summed E-state index contributed by atoms with van der Waals surface area (Å²) in [6.45, 7) is 0.382. The van der Waals surface area contributed by atoms with Gasteiger partial charge in [0, 0.05) is 86.7 Å². The van der Waals surface area contributed by atoms with Gasteiger partial charge in [0.05, 0.1) is 6.04 Å². The van der Waals surface area contributed by atoms with Crippen molar-refractivity contribution in [3.8, 4) is 0 Å². The predicted molar refractivity (Wildman–Crippen MR) is 328 cm³/mol. The topological polar surface area (TPSA) is 530 Å². The molecule has 2 heterocycles. The number of nitrogens with zero attached hydrogens (tertiary/aromatic N) is 5.